The fraction of sp³-hybridized carbons (Fsp3) is 0.308. The van der Waals surface area contributed by atoms with Gasteiger partial charge in [0.05, 0.1) is 23.2 Å². The van der Waals surface area contributed by atoms with E-state index in [2.05, 4.69) is 24.3 Å². The van der Waals surface area contributed by atoms with E-state index in [0.29, 0.717) is 12.4 Å². The molecular formula is C26H28O4S. The van der Waals surface area contributed by atoms with Crippen LogP contribution in [0, 0.1) is 0 Å². The van der Waals surface area contributed by atoms with Gasteiger partial charge in [-0.25, -0.2) is 0 Å². The van der Waals surface area contributed by atoms with Crippen molar-refractivity contribution in [2.45, 2.75) is 42.8 Å². The first-order valence-corrected chi connectivity index (χ1v) is 11.8. The number of hydrogen-bond acceptors (Lipinski definition) is 4. The molecule has 0 aromatic heterocycles. The van der Waals surface area contributed by atoms with Gasteiger partial charge in [-0.3, -0.25) is 4.21 Å². The van der Waals surface area contributed by atoms with Crippen molar-refractivity contribution in [2.24, 2.45) is 0 Å². The monoisotopic (exact) mass is 436 g/mol. The molecule has 5 heteroatoms. The van der Waals surface area contributed by atoms with Crippen molar-refractivity contribution in [3.05, 3.63) is 102 Å². The molecule has 3 aromatic carbocycles. The van der Waals surface area contributed by atoms with Crippen molar-refractivity contribution in [3.8, 4) is 0 Å². The van der Waals surface area contributed by atoms with E-state index >= 15 is 0 Å². The molecule has 0 radical (unpaired) electrons. The van der Waals surface area contributed by atoms with Gasteiger partial charge in [0.25, 0.3) is 0 Å². The molecule has 0 aliphatic carbocycles. The second kappa shape index (κ2) is 9.88. The van der Waals surface area contributed by atoms with E-state index in [1.165, 1.54) is 0 Å². The first-order chi connectivity index (χ1) is 15.0. The fourth-order valence-corrected chi connectivity index (χ4v) is 5.07. The average Bonchev–Trinajstić information content (AvgIpc) is 3.09. The van der Waals surface area contributed by atoms with Crippen LogP contribution in [-0.2, 0) is 25.0 Å². The van der Waals surface area contributed by atoms with Crippen molar-refractivity contribution in [2.75, 3.05) is 12.4 Å². The lowest BCUT2D eigenvalue weighted by Crippen LogP contribution is -2.33. The van der Waals surface area contributed by atoms with Crippen molar-refractivity contribution in [3.63, 3.8) is 0 Å². The van der Waals surface area contributed by atoms with Crippen LogP contribution in [0.3, 0.4) is 0 Å². The van der Waals surface area contributed by atoms with Crippen LogP contribution in [0.2, 0.25) is 0 Å². The van der Waals surface area contributed by atoms with E-state index in [-0.39, 0.29) is 18.3 Å². The SMILES string of the molecule is CC1(C)O[C@@H](CS(=O)c2ccccc2)[C@@H](COC(c2ccccc2)c2ccccc2)O1. The molecule has 0 amide bonds. The minimum atomic E-state index is -1.17. The Bertz CT molecular complexity index is 937. The van der Waals surface area contributed by atoms with E-state index in [1.54, 1.807) is 0 Å². The van der Waals surface area contributed by atoms with Gasteiger partial charge in [-0.2, -0.15) is 0 Å². The Morgan fingerprint density at radius 1 is 0.806 bits per heavy atom. The van der Waals surface area contributed by atoms with Gasteiger partial charge in [-0.15, -0.1) is 0 Å². The second-order valence-corrected chi connectivity index (χ2v) is 9.57. The molecule has 0 spiro atoms. The molecule has 1 aliphatic rings. The molecule has 162 valence electrons. The Morgan fingerprint density at radius 2 is 1.29 bits per heavy atom. The summed E-state index contributed by atoms with van der Waals surface area (Å²) in [5.74, 6) is -0.378. The Morgan fingerprint density at radius 3 is 1.84 bits per heavy atom. The lowest BCUT2D eigenvalue weighted by molar-refractivity contribution is -0.151. The van der Waals surface area contributed by atoms with E-state index in [9.17, 15) is 4.21 Å². The smallest absolute Gasteiger partial charge is 0.163 e. The van der Waals surface area contributed by atoms with Gasteiger partial charge in [-0.1, -0.05) is 78.9 Å². The Labute approximate surface area is 186 Å². The van der Waals surface area contributed by atoms with E-state index in [0.717, 1.165) is 16.0 Å². The zero-order valence-corrected chi connectivity index (χ0v) is 18.7. The predicted octanol–water partition coefficient (Wildman–Crippen LogP) is 5.12. The quantitative estimate of drug-likeness (QED) is 0.492. The summed E-state index contributed by atoms with van der Waals surface area (Å²) in [5.41, 5.74) is 2.16. The van der Waals surface area contributed by atoms with E-state index < -0.39 is 16.6 Å². The molecular weight excluding hydrogens is 408 g/mol. The maximum Gasteiger partial charge on any atom is 0.163 e. The fourth-order valence-electron chi connectivity index (χ4n) is 3.84. The minimum Gasteiger partial charge on any atom is -0.366 e. The maximum absolute atomic E-state index is 12.9. The first-order valence-electron chi connectivity index (χ1n) is 10.5. The molecule has 1 heterocycles. The predicted molar refractivity (Wildman–Crippen MR) is 122 cm³/mol. The van der Waals surface area contributed by atoms with Crippen molar-refractivity contribution >= 4 is 10.8 Å². The van der Waals surface area contributed by atoms with Crippen LogP contribution in [0.15, 0.2) is 95.9 Å². The summed E-state index contributed by atoms with van der Waals surface area (Å²) in [4.78, 5) is 0.793. The van der Waals surface area contributed by atoms with E-state index in [4.69, 9.17) is 14.2 Å². The third-order valence-corrected chi connectivity index (χ3v) is 6.67. The lowest BCUT2D eigenvalue weighted by atomic mass is 10.0. The maximum atomic E-state index is 12.9. The highest BCUT2D eigenvalue weighted by Crippen LogP contribution is 2.32. The number of rotatable bonds is 8. The summed E-state index contributed by atoms with van der Waals surface area (Å²) in [6.07, 6.45) is -0.837. The Kier molecular flexibility index (Phi) is 6.98. The van der Waals surface area contributed by atoms with Crippen molar-refractivity contribution in [1.82, 2.24) is 0 Å². The van der Waals surface area contributed by atoms with Gasteiger partial charge in [0.1, 0.15) is 18.3 Å². The summed E-state index contributed by atoms with van der Waals surface area (Å²) < 4.78 is 31.5. The van der Waals surface area contributed by atoms with E-state index in [1.807, 2.05) is 80.6 Å². The third-order valence-electron chi connectivity index (χ3n) is 5.24. The second-order valence-electron chi connectivity index (χ2n) is 8.07. The third kappa shape index (κ3) is 5.69. The van der Waals surface area contributed by atoms with Gasteiger partial charge in [0, 0.05) is 4.90 Å². The van der Waals surface area contributed by atoms with Gasteiger partial charge < -0.3 is 14.2 Å². The Balaban J connectivity index is 1.49. The number of hydrogen-bond donors (Lipinski definition) is 0. The minimum absolute atomic E-state index is 0.213. The van der Waals surface area contributed by atoms with Crippen LogP contribution >= 0.6 is 0 Å². The van der Waals surface area contributed by atoms with Crippen LogP contribution < -0.4 is 0 Å². The number of benzene rings is 3. The van der Waals surface area contributed by atoms with Crippen LogP contribution in [0.1, 0.15) is 31.1 Å². The highest BCUT2D eigenvalue weighted by Gasteiger charge is 2.42. The Hall–Kier alpha value is -2.31. The molecule has 31 heavy (non-hydrogen) atoms. The average molecular weight is 437 g/mol. The summed E-state index contributed by atoms with van der Waals surface area (Å²) in [6, 6.07) is 29.8. The van der Waals surface area contributed by atoms with Gasteiger partial charge in [0.2, 0.25) is 0 Å². The normalized spacial score (nSPS) is 21.3. The summed E-state index contributed by atoms with van der Waals surface area (Å²) in [7, 11) is -1.17. The molecule has 1 fully saturated rings. The molecule has 3 aromatic rings. The summed E-state index contributed by atoms with van der Waals surface area (Å²) >= 11 is 0. The van der Waals surface area contributed by atoms with Gasteiger partial charge >= 0.3 is 0 Å². The molecule has 0 bridgehead atoms. The molecule has 1 aliphatic heterocycles. The molecule has 1 unspecified atom stereocenters. The standard InChI is InChI=1S/C26H28O4S/c1-26(2)29-23(24(30-26)19-31(27)22-16-10-5-11-17-22)18-28-25(20-12-6-3-7-13-20)21-14-8-4-9-15-21/h3-17,23-25H,18-19H2,1-2H3/t23-,24+,31?/m1/s1. The topological polar surface area (TPSA) is 44.8 Å². The lowest BCUT2D eigenvalue weighted by Gasteiger charge is -2.23. The van der Waals surface area contributed by atoms with Crippen molar-refractivity contribution < 1.29 is 18.4 Å². The van der Waals surface area contributed by atoms with Crippen LogP contribution in [0.5, 0.6) is 0 Å². The van der Waals surface area contributed by atoms with Crippen molar-refractivity contribution in [1.29, 1.82) is 0 Å². The van der Waals surface area contributed by atoms with Crippen LogP contribution in [0.4, 0.5) is 0 Å². The highest BCUT2D eigenvalue weighted by molar-refractivity contribution is 7.85. The molecule has 4 nitrogen and oxygen atoms in total. The molecule has 1 saturated heterocycles. The van der Waals surface area contributed by atoms with Crippen LogP contribution in [0.25, 0.3) is 0 Å². The zero-order valence-electron chi connectivity index (χ0n) is 17.8. The number of ether oxygens (including phenoxy) is 3. The molecule has 0 saturated carbocycles. The zero-order chi connectivity index (χ0) is 21.7. The largest absolute Gasteiger partial charge is 0.366 e. The van der Waals surface area contributed by atoms with Gasteiger partial charge in [-0.05, 0) is 37.1 Å². The molecule has 3 atom stereocenters. The first kappa shape index (κ1) is 21.9. The summed E-state index contributed by atoms with van der Waals surface area (Å²) in [6.45, 7) is 4.11. The highest BCUT2D eigenvalue weighted by atomic mass is 32.2. The molecule has 4 rings (SSSR count). The van der Waals surface area contributed by atoms with Gasteiger partial charge in [0.15, 0.2) is 5.79 Å². The summed E-state index contributed by atoms with van der Waals surface area (Å²) in [5, 5.41) is 0. The van der Waals surface area contributed by atoms with Crippen LogP contribution in [-0.4, -0.2) is 34.6 Å². The molecule has 0 N–H and O–H groups in total.